The first kappa shape index (κ1) is 19.7. The number of benzene rings is 3. The Morgan fingerprint density at radius 3 is 2.48 bits per heavy atom. The lowest BCUT2D eigenvalue weighted by Crippen LogP contribution is -2.26. The Balaban J connectivity index is 1.40. The highest BCUT2D eigenvalue weighted by molar-refractivity contribution is 6.41. The minimum absolute atomic E-state index is 0.00181. The minimum Gasteiger partial charge on any atom is -0.478 e. The summed E-state index contributed by atoms with van der Waals surface area (Å²) < 4.78 is 0. The van der Waals surface area contributed by atoms with Gasteiger partial charge in [0.05, 0.1) is 11.1 Å². The van der Waals surface area contributed by atoms with Gasteiger partial charge in [0.25, 0.3) is 0 Å². The monoisotopic (exact) mass is 435 g/mol. The highest BCUT2D eigenvalue weighted by atomic mass is 16.4. The van der Waals surface area contributed by atoms with Gasteiger partial charge in [0.2, 0.25) is 0 Å². The number of fused-ring (bicyclic) bond motifs is 4. The van der Waals surface area contributed by atoms with Crippen molar-refractivity contribution in [3.63, 3.8) is 0 Å². The van der Waals surface area contributed by atoms with Crippen LogP contribution < -0.4 is 4.90 Å². The molecule has 0 amide bonds. The van der Waals surface area contributed by atoms with E-state index in [-0.39, 0.29) is 28.0 Å². The van der Waals surface area contributed by atoms with Crippen LogP contribution in [0.25, 0.3) is 6.08 Å². The molecule has 5 nitrogen and oxygen atoms in total. The lowest BCUT2D eigenvalue weighted by molar-refractivity contribution is 0.0696. The Hall–Kier alpha value is -3.99. The molecule has 1 aliphatic heterocycles. The fraction of sp³-hybridized carbons (Fsp3) is 0.179. The van der Waals surface area contributed by atoms with Crippen LogP contribution in [-0.2, 0) is 0 Å². The second kappa shape index (κ2) is 7.27. The number of allylic oxidation sites excluding steroid dienone is 1. The molecule has 3 aromatic carbocycles. The predicted molar refractivity (Wildman–Crippen MR) is 125 cm³/mol. The summed E-state index contributed by atoms with van der Waals surface area (Å²) in [6.07, 6.45) is 5.10. The van der Waals surface area contributed by atoms with Gasteiger partial charge in [-0.15, -0.1) is 0 Å². The summed E-state index contributed by atoms with van der Waals surface area (Å²) >= 11 is 0. The molecule has 0 saturated heterocycles. The van der Waals surface area contributed by atoms with Gasteiger partial charge < -0.3 is 10.0 Å². The molecule has 1 heterocycles. The van der Waals surface area contributed by atoms with Crippen molar-refractivity contribution in [2.75, 3.05) is 4.90 Å². The average Bonchev–Trinajstić information content (AvgIpc) is 3.48. The molecule has 1 saturated carbocycles. The molecule has 1 N–H and O–H groups in total. The zero-order chi connectivity index (χ0) is 22.7. The van der Waals surface area contributed by atoms with Crippen LogP contribution in [0.15, 0.2) is 72.3 Å². The molecule has 2 atom stereocenters. The normalized spacial score (nSPS) is 21.9. The van der Waals surface area contributed by atoms with Gasteiger partial charge in [0.15, 0.2) is 11.6 Å². The van der Waals surface area contributed by atoms with Gasteiger partial charge in [-0.25, -0.2) is 4.79 Å². The molecule has 0 bridgehead atoms. The molecule has 6 rings (SSSR count). The van der Waals surface area contributed by atoms with E-state index in [4.69, 9.17) is 0 Å². The van der Waals surface area contributed by atoms with Crippen molar-refractivity contribution in [2.24, 2.45) is 0 Å². The molecule has 0 spiro atoms. The second-order valence-electron chi connectivity index (χ2n) is 8.91. The van der Waals surface area contributed by atoms with Crippen LogP contribution in [0.3, 0.4) is 0 Å². The van der Waals surface area contributed by atoms with Crippen LogP contribution in [0.1, 0.15) is 67.4 Å². The zero-order valence-corrected chi connectivity index (χ0v) is 17.8. The largest absolute Gasteiger partial charge is 0.478 e. The van der Waals surface area contributed by atoms with Crippen molar-refractivity contribution in [1.29, 1.82) is 0 Å². The number of hydrogen-bond acceptors (Lipinski definition) is 4. The van der Waals surface area contributed by atoms with E-state index in [2.05, 4.69) is 41.3 Å². The van der Waals surface area contributed by atoms with E-state index in [0.717, 1.165) is 18.4 Å². The maximum Gasteiger partial charge on any atom is 0.335 e. The van der Waals surface area contributed by atoms with Crippen molar-refractivity contribution in [3.05, 3.63) is 100 Å². The fourth-order valence-corrected chi connectivity index (χ4v) is 5.64. The lowest BCUT2D eigenvalue weighted by Gasteiger charge is -2.27. The van der Waals surface area contributed by atoms with Gasteiger partial charge in [-0.1, -0.05) is 30.7 Å². The van der Waals surface area contributed by atoms with E-state index in [1.54, 1.807) is 6.08 Å². The van der Waals surface area contributed by atoms with Gasteiger partial charge in [-0.05, 0) is 72.5 Å². The van der Waals surface area contributed by atoms with Gasteiger partial charge in [-0.3, -0.25) is 9.59 Å². The smallest absolute Gasteiger partial charge is 0.335 e. The van der Waals surface area contributed by atoms with Crippen LogP contribution in [0, 0.1) is 0 Å². The molecule has 3 aromatic rings. The molecule has 162 valence electrons. The van der Waals surface area contributed by atoms with E-state index in [0.29, 0.717) is 12.0 Å². The quantitative estimate of drug-likeness (QED) is 0.426. The lowest BCUT2D eigenvalue weighted by atomic mass is 9.95. The van der Waals surface area contributed by atoms with Crippen molar-refractivity contribution < 1.29 is 19.5 Å². The Bertz CT molecular complexity index is 1370. The molecule has 3 aliphatic rings. The maximum absolute atomic E-state index is 12.9. The number of ketones is 2. The summed E-state index contributed by atoms with van der Waals surface area (Å²) in [7, 11) is 0. The molecular formula is C28H21NO4. The molecule has 0 aromatic heterocycles. The number of carbonyl (C=O) groups is 3. The molecule has 33 heavy (non-hydrogen) atoms. The third-order valence-electron chi connectivity index (χ3n) is 7.11. The summed E-state index contributed by atoms with van der Waals surface area (Å²) in [6, 6.07) is 21.1. The van der Waals surface area contributed by atoms with Crippen molar-refractivity contribution in [2.45, 2.75) is 31.2 Å². The number of hydrogen-bond donors (Lipinski definition) is 1. The van der Waals surface area contributed by atoms with Crippen LogP contribution in [0.2, 0.25) is 0 Å². The number of rotatable bonds is 3. The van der Waals surface area contributed by atoms with Crippen molar-refractivity contribution in [3.8, 4) is 0 Å². The molecule has 5 heteroatoms. The number of anilines is 2. The summed E-state index contributed by atoms with van der Waals surface area (Å²) in [5.41, 5.74) is 4.98. The molecule has 1 fully saturated rings. The number of Topliss-reactive ketones (excluding diaryl/α,β-unsaturated/α-hetero) is 2. The van der Waals surface area contributed by atoms with Crippen LogP contribution in [-0.4, -0.2) is 28.7 Å². The summed E-state index contributed by atoms with van der Waals surface area (Å²) in [5.74, 6) is -1.45. The summed E-state index contributed by atoms with van der Waals surface area (Å²) in [5, 5.41) is 9.22. The predicted octanol–water partition coefficient (Wildman–Crippen LogP) is 5.64. The van der Waals surface area contributed by atoms with E-state index in [9.17, 15) is 19.5 Å². The summed E-state index contributed by atoms with van der Waals surface area (Å²) in [4.78, 5) is 39.6. The number of carbonyl (C=O) groups excluding carboxylic acids is 2. The van der Waals surface area contributed by atoms with Gasteiger partial charge in [0.1, 0.15) is 0 Å². The zero-order valence-electron chi connectivity index (χ0n) is 17.8. The third kappa shape index (κ3) is 2.96. The first-order chi connectivity index (χ1) is 16.0. The van der Waals surface area contributed by atoms with E-state index in [1.165, 1.54) is 41.6 Å². The van der Waals surface area contributed by atoms with Crippen molar-refractivity contribution in [1.82, 2.24) is 0 Å². The van der Waals surface area contributed by atoms with Crippen LogP contribution >= 0.6 is 0 Å². The van der Waals surface area contributed by atoms with Crippen molar-refractivity contribution >= 4 is 35.0 Å². The highest BCUT2D eigenvalue weighted by Crippen LogP contribution is 2.52. The minimum atomic E-state index is -1.12. The summed E-state index contributed by atoms with van der Waals surface area (Å²) in [6.45, 7) is 0. The van der Waals surface area contributed by atoms with Gasteiger partial charge in [-0.2, -0.15) is 0 Å². The van der Waals surface area contributed by atoms with Gasteiger partial charge in [0, 0.05) is 34.5 Å². The first-order valence-electron chi connectivity index (χ1n) is 11.2. The number of carboxylic acid groups (broad SMARTS) is 1. The Kier molecular flexibility index (Phi) is 4.34. The first-order valence-corrected chi connectivity index (χ1v) is 11.2. The van der Waals surface area contributed by atoms with Gasteiger partial charge >= 0.3 is 5.97 Å². The molecule has 2 aliphatic carbocycles. The Morgan fingerprint density at radius 2 is 1.70 bits per heavy atom. The Labute approximate surface area is 191 Å². The van der Waals surface area contributed by atoms with Crippen LogP contribution in [0.4, 0.5) is 11.4 Å². The fourth-order valence-electron chi connectivity index (χ4n) is 5.64. The maximum atomic E-state index is 12.9. The molecular weight excluding hydrogens is 414 g/mol. The topological polar surface area (TPSA) is 74.7 Å². The molecule has 0 radical (unpaired) electrons. The highest BCUT2D eigenvalue weighted by Gasteiger charge is 2.42. The Morgan fingerprint density at radius 1 is 0.909 bits per heavy atom. The third-order valence-corrected chi connectivity index (χ3v) is 7.11. The van der Waals surface area contributed by atoms with E-state index < -0.39 is 11.8 Å². The van der Waals surface area contributed by atoms with Crippen LogP contribution in [0.5, 0.6) is 0 Å². The number of aromatic carboxylic acids is 1. The average molecular weight is 435 g/mol. The number of nitrogens with zero attached hydrogens (tertiary/aromatic N) is 1. The molecule has 2 unspecified atom stereocenters. The van der Waals surface area contributed by atoms with E-state index >= 15 is 0 Å². The number of carboxylic acids is 1. The standard InChI is InChI=1S/C28H21NO4/c30-26-20-11-10-17(28(32)33)15-22(20)27(31)23(26)14-16-9-12-25-21(13-16)19-7-4-8-24(19)29(25)18-5-2-1-3-6-18/h1-3,5-6,9-15,19,24H,4,7-8H2,(H,32,33). The van der Waals surface area contributed by atoms with E-state index in [1.807, 2.05) is 12.1 Å². The number of para-hydroxylation sites is 1. The second-order valence-corrected chi connectivity index (χ2v) is 8.91. The SMILES string of the molecule is O=C(O)c1ccc2c(c1)C(=O)C(=Cc1ccc3c(c1)C1CCCC1N3c1ccccc1)C2=O.